The van der Waals surface area contributed by atoms with Crippen molar-refractivity contribution in [2.75, 3.05) is 18.1 Å². The van der Waals surface area contributed by atoms with E-state index in [1.165, 1.54) is 6.20 Å². The van der Waals surface area contributed by atoms with E-state index in [2.05, 4.69) is 9.88 Å². The Hall–Kier alpha value is -3.06. The molecule has 1 atom stereocenters. The maximum Gasteiger partial charge on any atom is 0.341 e. The van der Waals surface area contributed by atoms with Crippen LogP contribution in [0.4, 0.5) is 5.69 Å². The van der Waals surface area contributed by atoms with Crippen LogP contribution < -0.4 is 15.1 Å². The maximum atomic E-state index is 12.8. The van der Waals surface area contributed by atoms with E-state index in [9.17, 15) is 14.7 Å². The minimum atomic E-state index is -1.22. The Bertz CT molecular complexity index is 1210. The molecule has 0 unspecified atom stereocenters. The van der Waals surface area contributed by atoms with Gasteiger partial charge in [-0.25, -0.2) is 9.78 Å². The molecule has 0 bridgehead atoms. The third kappa shape index (κ3) is 3.74. The van der Waals surface area contributed by atoms with Crippen molar-refractivity contribution in [1.82, 2.24) is 9.55 Å². The molecule has 3 heterocycles. The van der Waals surface area contributed by atoms with Crippen LogP contribution in [-0.2, 0) is 0 Å². The highest BCUT2D eigenvalue weighted by atomic mass is 35.5. The molecule has 1 saturated carbocycles. The lowest BCUT2D eigenvalue weighted by Gasteiger charge is -2.28. The lowest BCUT2D eigenvalue weighted by molar-refractivity contribution is 0.0695. The number of benzene rings is 1. The highest BCUT2D eigenvalue weighted by Crippen LogP contribution is 2.40. The average Bonchev–Trinajstić information content (AvgIpc) is 3.50. The van der Waals surface area contributed by atoms with Gasteiger partial charge in [-0.15, -0.1) is 0 Å². The van der Waals surface area contributed by atoms with Crippen molar-refractivity contribution < 1.29 is 14.6 Å². The fraction of sp³-hybridized carbons (Fsp3) is 0.348. The van der Waals surface area contributed by atoms with E-state index in [0.717, 1.165) is 43.4 Å². The van der Waals surface area contributed by atoms with E-state index >= 15 is 0 Å². The topological polar surface area (TPSA) is 84.7 Å². The van der Waals surface area contributed by atoms with Crippen molar-refractivity contribution in [3.05, 3.63) is 63.5 Å². The predicted octanol–water partition coefficient (Wildman–Crippen LogP) is 4.13. The van der Waals surface area contributed by atoms with Crippen molar-refractivity contribution in [2.45, 2.75) is 37.8 Å². The summed E-state index contributed by atoms with van der Waals surface area (Å²) in [6, 6.07) is 9.47. The van der Waals surface area contributed by atoms with E-state index < -0.39 is 11.4 Å². The number of hydrogen-bond donors (Lipinski definition) is 1. The first-order valence-electron chi connectivity index (χ1n) is 10.4. The Morgan fingerprint density at radius 3 is 2.81 bits per heavy atom. The minimum absolute atomic E-state index is 0.136. The summed E-state index contributed by atoms with van der Waals surface area (Å²) in [6.45, 7) is 1.32. The summed E-state index contributed by atoms with van der Waals surface area (Å²) in [4.78, 5) is 30.8. The minimum Gasteiger partial charge on any atom is -0.477 e. The Morgan fingerprint density at radius 2 is 2.10 bits per heavy atom. The van der Waals surface area contributed by atoms with Gasteiger partial charge >= 0.3 is 5.97 Å². The largest absolute Gasteiger partial charge is 0.477 e. The zero-order valence-electron chi connectivity index (χ0n) is 16.8. The molecule has 5 rings (SSSR count). The zero-order chi connectivity index (χ0) is 21.5. The molecule has 1 N–H and O–H groups in total. The number of rotatable bonds is 6. The van der Waals surface area contributed by atoms with Crippen molar-refractivity contribution in [3.63, 3.8) is 0 Å². The molecule has 0 amide bonds. The van der Waals surface area contributed by atoms with Gasteiger partial charge in [0.1, 0.15) is 12.2 Å². The van der Waals surface area contributed by atoms with E-state index in [0.29, 0.717) is 22.9 Å². The van der Waals surface area contributed by atoms with Crippen molar-refractivity contribution in [3.8, 4) is 5.88 Å². The zero-order valence-corrected chi connectivity index (χ0v) is 17.6. The molecule has 1 aliphatic carbocycles. The molecule has 8 heteroatoms. The van der Waals surface area contributed by atoms with Gasteiger partial charge in [0.2, 0.25) is 11.3 Å². The predicted molar refractivity (Wildman–Crippen MR) is 119 cm³/mol. The summed E-state index contributed by atoms with van der Waals surface area (Å²) >= 11 is 6.63. The molecule has 31 heavy (non-hydrogen) atoms. The number of anilines is 1. The van der Waals surface area contributed by atoms with Crippen LogP contribution in [0.1, 0.15) is 42.1 Å². The highest BCUT2D eigenvalue weighted by molar-refractivity contribution is 6.34. The van der Waals surface area contributed by atoms with Gasteiger partial charge in [-0.2, -0.15) is 0 Å². The van der Waals surface area contributed by atoms with E-state index in [4.69, 9.17) is 16.3 Å². The maximum absolute atomic E-state index is 12.8. The van der Waals surface area contributed by atoms with Crippen molar-refractivity contribution in [2.24, 2.45) is 0 Å². The normalized spacial score (nSPS) is 18.5. The lowest BCUT2D eigenvalue weighted by atomic mass is 10.1. The summed E-state index contributed by atoms with van der Waals surface area (Å²) < 4.78 is 7.81. The summed E-state index contributed by atoms with van der Waals surface area (Å²) in [6.07, 6.45) is 7.10. The van der Waals surface area contributed by atoms with Gasteiger partial charge < -0.3 is 19.3 Å². The number of pyridine rings is 2. The number of carbonyl (C=O) groups is 1. The van der Waals surface area contributed by atoms with Crippen LogP contribution in [0.5, 0.6) is 5.88 Å². The van der Waals surface area contributed by atoms with E-state index in [-0.39, 0.29) is 17.6 Å². The number of aromatic nitrogens is 2. The van der Waals surface area contributed by atoms with Crippen LogP contribution in [0.25, 0.3) is 10.9 Å². The molecule has 3 aromatic rings. The van der Waals surface area contributed by atoms with Crippen LogP contribution in [0.15, 0.2) is 47.5 Å². The van der Waals surface area contributed by atoms with Gasteiger partial charge in [0, 0.05) is 36.4 Å². The van der Waals surface area contributed by atoms with Crippen LogP contribution in [0.3, 0.4) is 0 Å². The second-order valence-corrected chi connectivity index (χ2v) is 8.51. The number of ether oxygens (including phenoxy) is 1. The molecule has 160 valence electrons. The van der Waals surface area contributed by atoms with Gasteiger partial charge in [-0.05, 0) is 43.9 Å². The highest BCUT2D eigenvalue weighted by Gasteiger charge is 2.30. The lowest BCUT2D eigenvalue weighted by Crippen LogP contribution is -2.34. The molecule has 2 fully saturated rings. The van der Waals surface area contributed by atoms with Gasteiger partial charge in [-0.1, -0.05) is 17.7 Å². The molecule has 0 spiro atoms. The summed E-state index contributed by atoms with van der Waals surface area (Å²) in [5.74, 6) is -0.629. The number of aromatic carboxylic acids is 1. The molecule has 2 aromatic heterocycles. The number of hydrogen-bond acceptors (Lipinski definition) is 5. The fourth-order valence-corrected chi connectivity index (χ4v) is 4.60. The number of fused-ring (bicyclic) bond motifs is 1. The van der Waals surface area contributed by atoms with Gasteiger partial charge in [0.15, 0.2) is 0 Å². The van der Waals surface area contributed by atoms with Crippen molar-refractivity contribution >= 4 is 34.2 Å². The Labute approximate surface area is 183 Å². The van der Waals surface area contributed by atoms with Crippen LogP contribution >= 0.6 is 11.6 Å². The Morgan fingerprint density at radius 1 is 1.26 bits per heavy atom. The van der Waals surface area contributed by atoms with Crippen LogP contribution in [0, 0.1) is 0 Å². The quantitative estimate of drug-likeness (QED) is 0.621. The van der Waals surface area contributed by atoms with Crippen LogP contribution in [-0.4, -0.2) is 39.8 Å². The first-order valence-corrected chi connectivity index (χ1v) is 10.8. The van der Waals surface area contributed by atoms with Gasteiger partial charge in [0.05, 0.1) is 22.3 Å². The van der Waals surface area contributed by atoms with E-state index in [1.54, 1.807) is 12.3 Å². The Balaban J connectivity index is 1.53. The molecule has 1 saturated heterocycles. The number of carboxylic acid groups (broad SMARTS) is 1. The van der Waals surface area contributed by atoms with E-state index in [1.807, 2.05) is 28.8 Å². The average molecular weight is 440 g/mol. The standard InChI is InChI=1S/C23H22ClN3O4/c24-18-10-16-19(27(14-6-7-14)12-17(22(16)28)23(29)30)11-20(18)26-9-3-4-15(26)13-31-21-5-1-2-8-25-21/h1-2,5,8,10-12,14-15H,3-4,6-7,9,13H2,(H,29,30)/t15-/m1/s1. The SMILES string of the molecule is O=C(O)c1cn(C2CC2)c2cc(N3CCC[C@@H]3COc3ccccn3)c(Cl)cc2c1=O. The van der Waals surface area contributed by atoms with Crippen LogP contribution in [0.2, 0.25) is 5.02 Å². The Kier molecular flexibility index (Phi) is 5.06. The molecular weight excluding hydrogens is 418 g/mol. The second kappa shape index (κ2) is 7.89. The summed E-state index contributed by atoms with van der Waals surface area (Å²) in [7, 11) is 0. The van der Waals surface area contributed by atoms with Gasteiger partial charge in [-0.3, -0.25) is 4.79 Å². The number of carboxylic acids is 1. The molecule has 1 aliphatic heterocycles. The fourth-order valence-electron chi connectivity index (χ4n) is 4.33. The second-order valence-electron chi connectivity index (χ2n) is 8.10. The summed E-state index contributed by atoms with van der Waals surface area (Å²) in [5.41, 5.74) is 0.863. The monoisotopic (exact) mass is 439 g/mol. The summed E-state index contributed by atoms with van der Waals surface area (Å²) in [5, 5.41) is 10.3. The molecular formula is C23H22ClN3O4. The smallest absolute Gasteiger partial charge is 0.341 e. The molecule has 7 nitrogen and oxygen atoms in total. The third-order valence-electron chi connectivity index (χ3n) is 6.02. The van der Waals surface area contributed by atoms with Crippen molar-refractivity contribution in [1.29, 1.82) is 0 Å². The number of nitrogens with zero attached hydrogens (tertiary/aromatic N) is 3. The first kappa shape index (κ1) is 19.9. The first-order chi connectivity index (χ1) is 15.0. The molecule has 1 aromatic carbocycles. The number of halogens is 1. The molecule has 0 radical (unpaired) electrons. The molecule has 2 aliphatic rings. The van der Waals surface area contributed by atoms with Gasteiger partial charge in [0.25, 0.3) is 0 Å². The third-order valence-corrected chi connectivity index (χ3v) is 6.32.